The van der Waals surface area contributed by atoms with E-state index < -0.39 is 0 Å². The zero-order valence-corrected chi connectivity index (χ0v) is 9.21. The maximum atomic E-state index is 0. The van der Waals surface area contributed by atoms with Crippen LogP contribution < -0.4 is 51.4 Å². The van der Waals surface area contributed by atoms with Crippen molar-refractivity contribution < 1.29 is 111 Å². The summed E-state index contributed by atoms with van der Waals surface area (Å²) >= 11 is 0. The van der Waals surface area contributed by atoms with E-state index in [1.54, 1.807) is 0 Å². The summed E-state index contributed by atoms with van der Waals surface area (Å²) in [6, 6.07) is 0. The SMILES string of the molecule is [Co+2].[Fe].[H-].[K+].[O-2].[V]. The van der Waals surface area contributed by atoms with Crippen molar-refractivity contribution in [3.05, 3.63) is 0 Å². The summed E-state index contributed by atoms with van der Waals surface area (Å²) in [5.74, 6) is 0. The van der Waals surface area contributed by atoms with E-state index in [4.69, 9.17) is 0 Å². The normalized spacial score (nSPS) is 0. The predicted octanol–water partition coefficient (Wildman–Crippen LogP) is -3.01. The Morgan fingerprint density at radius 2 is 1.20 bits per heavy atom. The molecule has 0 atom stereocenters. The van der Waals surface area contributed by atoms with Gasteiger partial charge < -0.3 is 6.90 Å². The molecule has 0 aliphatic heterocycles. The molecular formula is HCoFeKOV. The smallest absolute Gasteiger partial charge is 2.00 e. The number of hydrogen-bond donors (Lipinski definition) is 0. The summed E-state index contributed by atoms with van der Waals surface area (Å²) < 4.78 is 0. The van der Waals surface area contributed by atoms with Gasteiger partial charge in [0.15, 0.2) is 0 Å². The van der Waals surface area contributed by atoms with E-state index in [1.807, 2.05) is 0 Å². The Kier molecular flexibility index (Phi) is 224. The Hall–Kier alpha value is 3.21. The zero-order valence-electron chi connectivity index (χ0n) is 3.54. The maximum absolute atomic E-state index is 0. The van der Waals surface area contributed by atoms with Gasteiger partial charge in [0.1, 0.15) is 0 Å². The topological polar surface area (TPSA) is 28.5 Å². The molecular weight excluding hydrogens is 221 g/mol. The molecule has 0 bridgehead atoms. The molecule has 5 heavy (non-hydrogen) atoms. The molecule has 0 N–H and O–H groups in total. The quantitative estimate of drug-likeness (QED) is 0.390. The minimum absolute atomic E-state index is 0. The molecule has 0 unspecified atom stereocenters. The Bertz CT molecular complexity index is 15.5. The van der Waals surface area contributed by atoms with Crippen LogP contribution in [0.25, 0.3) is 0 Å². The van der Waals surface area contributed by atoms with Gasteiger partial charge in [-0.1, -0.05) is 0 Å². The van der Waals surface area contributed by atoms with Crippen LogP contribution in [0.4, 0.5) is 0 Å². The molecule has 0 heterocycles. The summed E-state index contributed by atoms with van der Waals surface area (Å²) in [4.78, 5) is 0. The van der Waals surface area contributed by atoms with Gasteiger partial charge >= 0.3 is 68.2 Å². The van der Waals surface area contributed by atoms with Crippen molar-refractivity contribution in [3.8, 4) is 0 Å². The molecule has 0 spiro atoms. The molecule has 0 aliphatic rings. The largest absolute Gasteiger partial charge is 2.00 e. The van der Waals surface area contributed by atoms with Crippen LogP contribution >= 0.6 is 0 Å². The molecule has 0 aromatic carbocycles. The van der Waals surface area contributed by atoms with Gasteiger partial charge in [-0.15, -0.1) is 0 Å². The van der Waals surface area contributed by atoms with Crippen LogP contribution in [0.5, 0.6) is 0 Å². The fraction of sp³-hybridized carbons (Fsp3) is 0. The van der Waals surface area contributed by atoms with Crippen LogP contribution in [0.2, 0.25) is 0 Å². The van der Waals surface area contributed by atoms with Crippen LogP contribution in [0.15, 0.2) is 0 Å². The van der Waals surface area contributed by atoms with Gasteiger partial charge in [0.2, 0.25) is 0 Å². The van der Waals surface area contributed by atoms with Crippen LogP contribution in [-0.4, -0.2) is 0 Å². The third-order valence-corrected chi connectivity index (χ3v) is 0. The van der Waals surface area contributed by atoms with E-state index >= 15 is 0 Å². The van der Waals surface area contributed by atoms with Crippen molar-refractivity contribution in [1.82, 2.24) is 0 Å². The molecule has 0 aromatic heterocycles. The predicted molar refractivity (Wildman–Crippen MR) is 1.80 cm³/mol. The van der Waals surface area contributed by atoms with Gasteiger partial charge in [0.05, 0.1) is 0 Å². The zero-order chi connectivity index (χ0) is 0. The summed E-state index contributed by atoms with van der Waals surface area (Å²) in [6.45, 7) is 0. The van der Waals surface area contributed by atoms with E-state index in [9.17, 15) is 0 Å². The molecule has 1 nitrogen and oxygen atoms in total. The molecule has 0 amide bonds. The van der Waals surface area contributed by atoms with E-state index in [-0.39, 0.29) is 111 Å². The van der Waals surface area contributed by atoms with Crippen molar-refractivity contribution in [3.63, 3.8) is 0 Å². The van der Waals surface area contributed by atoms with E-state index in [2.05, 4.69) is 0 Å². The van der Waals surface area contributed by atoms with Crippen molar-refractivity contribution in [1.29, 1.82) is 0 Å². The van der Waals surface area contributed by atoms with Crippen molar-refractivity contribution in [2.24, 2.45) is 0 Å². The molecule has 2 radical (unpaired) electrons. The third kappa shape index (κ3) is 19.0. The average molecular weight is 222 g/mol. The minimum Gasteiger partial charge on any atom is -2.00 e. The van der Waals surface area contributed by atoms with Crippen molar-refractivity contribution in [2.75, 3.05) is 0 Å². The molecule has 0 fully saturated rings. The Morgan fingerprint density at radius 3 is 1.20 bits per heavy atom. The molecule has 0 saturated heterocycles. The standard InChI is InChI=1S/Co.Fe.K.O.V.H/q+2;;+1;-2;;-1. The van der Waals surface area contributed by atoms with Crippen molar-refractivity contribution >= 4 is 0 Å². The monoisotopic (exact) mass is 222 g/mol. The second kappa shape index (κ2) is 27.0. The van der Waals surface area contributed by atoms with Gasteiger partial charge in [0.25, 0.3) is 0 Å². The average Bonchev–Trinajstić information content (AvgIpc) is 0. The fourth-order valence-electron chi connectivity index (χ4n) is 0. The molecule has 0 aliphatic carbocycles. The maximum Gasteiger partial charge on any atom is 2.00 e. The number of rotatable bonds is 0. The minimum atomic E-state index is 0. The molecule has 0 rings (SSSR count). The van der Waals surface area contributed by atoms with E-state index in [0.29, 0.717) is 0 Å². The summed E-state index contributed by atoms with van der Waals surface area (Å²) in [5.41, 5.74) is 0. The second-order valence-electron chi connectivity index (χ2n) is 0. The van der Waals surface area contributed by atoms with E-state index in [1.165, 1.54) is 0 Å². The van der Waals surface area contributed by atoms with Gasteiger partial charge in [-0.3, -0.25) is 0 Å². The van der Waals surface area contributed by atoms with Crippen LogP contribution in [0, 0.1) is 0 Å². The first-order valence-electron chi connectivity index (χ1n) is 0. The first-order valence-corrected chi connectivity index (χ1v) is 0. The van der Waals surface area contributed by atoms with Crippen LogP contribution in [0.1, 0.15) is 1.43 Å². The Morgan fingerprint density at radius 1 is 1.20 bits per heavy atom. The molecule has 5 heteroatoms. The summed E-state index contributed by atoms with van der Waals surface area (Å²) in [7, 11) is 0. The molecule has 0 saturated carbocycles. The summed E-state index contributed by atoms with van der Waals surface area (Å²) in [6.07, 6.45) is 0. The van der Waals surface area contributed by atoms with E-state index in [0.717, 1.165) is 0 Å². The third-order valence-electron chi connectivity index (χ3n) is 0. The first-order chi connectivity index (χ1) is 0. The second-order valence-corrected chi connectivity index (χ2v) is 0. The Balaban J connectivity index is 0. The Labute approximate surface area is 108 Å². The van der Waals surface area contributed by atoms with Gasteiger partial charge in [-0.2, -0.15) is 0 Å². The number of hydrogen-bond acceptors (Lipinski definition) is 0. The summed E-state index contributed by atoms with van der Waals surface area (Å²) in [5, 5.41) is 0. The van der Waals surface area contributed by atoms with Crippen LogP contribution in [0.3, 0.4) is 0 Å². The fourth-order valence-corrected chi connectivity index (χ4v) is 0. The molecule has 0 aromatic rings. The molecule has 30 valence electrons. The first kappa shape index (κ1) is 41.4. The van der Waals surface area contributed by atoms with Crippen LogP contribution in [-0.2, 0) is 57.9 Å². The van der Waals surface area contributed by atoms with Gasteiger partial charge in [-0.05, 0) is 0 Å². The van der Waals surface area contributed by atoms with Gasteiger partial charge in [-0.25, -0.2) is 0 Å². The van der Waals surface area contributed by atoms with Gasteiger partial charge in [0, 0.05) is 35.6 Å². The van der Waals surface area contributed by atoms with Crippen molar-refractivity contribution in [2.45, 2.75) is 0 Å².